The summed E-state index contributed by atoms with van der Waals surface area (Å²) in [5, 5.41) is 17.9. The van der Waals surface area contributed by atoms with Crippen LogP contribution >= 0.6 is 0 Å². The highest BCUT2D eigenvalue weighted by Crippen LogP contribution is 2.52. The Morgan fingerprint density at radius 1 is 1.19 bits per heavy atom. The van der Waals surface area contributed by atoms with E-state index < -0.39 is 5.91 Å². The van der Waals surface area contributed by atoms with E-state index in [1.165, 1.54) is 0 Å². The molecule has 152 valence electrons. The molecular formula is C22H17N7O2. The Kier molecular flexibility index (Phi) is 4.23. The lowest BCUT2D eigenvalue weighted by molar-refractivity contribution is 0.0706. The van der Waals surface area contributed by atoms with Gasteiger partial charge in [0.2, 0.25) is 0 Å². The molecular weight excluding hydrogens is 394 g/mol. The van der Waals surface area contributed by atoms with Gasteiger partial charge in [0.15, 0.2) is 0 Å². The number of benzene rings is 1. The zero-order chi connectivity index (χ0) is 21.6. The molecule has 1 fully saturated rings. The first kappa shape index (κ1) is 18.8. The standard InChI is InChI=1S/C22H17N7O2/c1-13-19(29-12-25-16(11-23)10-18(29)26-13)17-6-9-24-21(27-17)22(7-8-22)15-4-2-14(3-5-15)20(30)28-31/h2-6,9-10,12,31H,7-8H2,1H3,(H,28,30). The lowest BCUT2D eigenvalue weighted by atomic mass is 9.93. The second-order valence-electron chi connectivity index (χ2n) is 7.53. The second-order valence-corrected chi connectivity index (χ2v) is 7.53. The van der Waals surface area contributed by atoms with Crippen molar-refractivity contribution in [3.63, 3.8) is 0 Å². The third-order valence-corrected chi connectivity index (χ3v) is 5.68. The van der Waals surface area contributed by atoms with Crippen LogP contribution in [0.3, 0.4) is 0 Å². The average Bonchev–Trinajstić information content (AvgIpc) is 3.55. The molecule has 9 heteroatoms. The number of hydroxylamine groups is 1. The molecule has 0 unspecified atom stereocenters. The highest BCUT2D eigenvalue weighted by Gasteiger charge is 2.48. The normalized spacial score (nSPS) is 14.2. The fraction of sp³-hybridized carbons (Fsp3) is 0.182. The monoisotopic (exact) mass is 411 g/mol. The van der Waals surface area contributed by atoms with Gasteiger partial charge >= 0.3 is 0 Å². The third-order valence-electron chi connectivity index (χ3n) is 5.68. The van der Waals surface area contributed by atoms with E-state index in [1.807, 2.05) is 35.6 Å². The van der Waals surface area contributed by atoms with Gasteiger partial charge in [0.05, 0.1) is 22.5 Å². The molecule has 0 aliphatic heterocycles. The number of aryl methyl sites for hydroxylation is 1. The number of hydrogen-bond donors (Lipinski definition) is 2. The van der Waals surface area contributed by atoms with Crippen molar-refractivity contribution in [3.05, 3.63) is 77.3 Å². The summed E-state index contributed by atoms with van der Waals surface area (Å²) in [5.41, 5.74) is 6.00. The Morgan fingerprint density at radius 2 is 1.97 bits per heavy atom. The number of carbonyl (C=O) groups is 1. The number of hydrogen-bond acceptors (Lipinski definition) is 7. The lowest BCUT2D eigenvalue weighted by Crippen LogP contribution is -2.19. The molecule has 4 aromatic rings. The topological polar surface area (TPSA) is 129 Å². The highest BCUT2D eigenvalue weighted by atomic mass is 16.5. The minimum atomic E-state index is -0.550. The third kappa shape index (κ3) is 3.01. The molecule has 0 saturated heterocycles. The Hall–Kier alpha value is -4.16. The van der Waals surface area contributed by atoms with Crippen LogP contribution in [0.4, 0.5) is 0 Å². The van der Waals surface area contributed by atoms with Crippen LogP contribution in [0, 0.1) is 18.3 Å². The van der Waals surface area contributed by atoms with Crippen LogP contribution < -0.4 is 5.48 Å². The van der Waals surface area contributed by atoms with Gasteiger partial charge in [-0.25, -0.2) is 25.4 Å². The molecule has 0 spiro atoms. The van der Waals surface area contributed by atoms with Gasteiger partial charge in [0.25, 0.3) is 5.91 Å². The van der Waals surface area contributed by atoms with Gasteiger partial charge in [-0.05, 0) is 43.5 Å². The summed E-state index contributed by atoms with van der Waals surface area (Å²) in [7, 11) is 0. The summed E-state index contributed by atoms with van der Waals surface area (Å²) in [6, 6.07) is 12.6. The molecule has 3 heterocycles. The fourth-order valence-electron chi connectivity index (χ4n) is 3.93. The van der Waals surface area contributed by atoms with Crippen molar-refractivity contribution in [2.45, 2.75) is 25.2 Å². The molecule has 1 aliphatic rings. The summed E-state index contributed by atoms with van der Waals surface area (Å²) in [4.78, 5) is 29.7. The molecule has 1 saturated carbocycles. The first-order valence-electron chi connectivity index (χ1n) is 9.69. The summed E-state index contributed by atoms with van der Waals surface area (Å²) in [6.07, 6.45) is 5.13. The number of carbonyl (C=O) groups excluding carboxylic acids is 1. The number of fused-ring (bicyclic) bond motifs is 1. The van der Waals surface area contributed by atoms with Crippen molar-refractivity contribution < 1.29 is 10.0 Å². The minimum absolute atomic E-state index is 0.301. The van der Waals surface area contributed by atoms with E-state index >= 15 is 0 Å². The molecule has 5 rings (SSSR count). The highest BCUT2D eigenvalue weighted by molar-refractivity contribution is 5.93. The Labute approximate surface area is 177 Å². The van der Waals surface area contributed by atoms with E-state index in [1.54, 1.807) is 36.2 Å². The molecule has 0 bridgehead atoms. The molecule has 0 radical (unpaired) electrons. The van der Waals surface area contributed by atoms with E-state index in [0.717, 1.165) is 35.5 Å². The number of rotatable bonds is 4. The zero-order valence-corrected chi connectivity index (χ0v) is 16.6. The van der Waals surface area contributed by atoms with E-state index in [0.29, 0.717) is 22.7 Å². The van der Waals surface area contributed by atoms with Gasteiger partial charge in [-0.3, -0.25) is 14.4 Å². The molecule has 1 aliphatic carbocycles. The van der Waals surface area contributed by atoms with Crippen LogP contribution in [0.1, 0.15) is 46.0 Å². The molecule has 31 heavy (non-hydrogen) atoms. The molecule has 2 N–H and O–H groups in total. The number of imidazole rings is 1. The van der Waals surface area contributed by atoms with Crippen LogP contribution in [0.25, 0.3) is 17.0 Å². The molecule has 3 aromatic heterocycles. The first-order valence-corrected chi connectivity index (χ1v) is 9.69. The molecule has 0 atom stereocenters. The molecule has 1 aromatic carbocycles. The first-order chi connectivity index (χ1) is 15.1. The van der Waals surface area contributed by atoms with Gasteiger partial charge in [-0.2, -0.15) is 5.26 Å². The maximum Gasteiger partial charge on any atom is 0.274 e. The number of nitriles is 1. The van der Waals surface area contributed by atoms with Gasteiger partial charge in [0, 0.05) is 17.8 Å². The number of nitrogens with zero attached hydrogens (tertiary/aromatic N) is 6. The largest absolute Gasteiger partial charge is 0.288 e. The van der Waals surface area contributed by atoms with Crippen molar-refractivity contribution in [2.75, 3.05) is 0 Å². The van der Waals surface area contributed by atoms with Crippen molar-refractivity contribution in [2.24, 2.45) is 0 Å². The summed E-state index contributed by atoms with van der Waals surface area (Å²) < 4.78 is 1.82. The van der Waals surface area contributed by atoms with E-state index in [-0.39, 0.29) is 5.41 Å². The summed E-state index contributed by atoms with van der Waals surface area (Å²) in [6.45, 7) is 1.90. The molecule has 1 amide bonds. The van der Waals surface area contributed by atoms with Crippen LogP contribution in [-0.4, -0.2) is 35.5 Å². The fourth-order valence-corrected chi connectivity index (χ4v) is 3.93. The van der Waals surface area contributed by atoms with Gasteiger partial charge < -0.3 is 0 Å². The van der Waals surface area contributed by atoms with Crippen LogP contribution in [-0.2, 0) is 5.41 Å². The van der Waals surface area contributed by atoms with Crippen molar-refractivity contribution in [1.82, 2.24) is 29.8 Å². The van der Waals surface area contributed by atoms with Gasteiger partial charge in [-0.1, -0.05) is 12.1 Å². The number of amides is 1. The zero-order valence-electron chi connectivity index (χ0n) is 16.6. The predicted molar refractivity (Wildman–Crippen MR) is 109 cm³/mol. The van der Waals surface area contributed by atoms with Gasteiger partial charge in [0.1, 0.15) is 29.6 Å². The van der Waals surface area contributed by atoms with Crippen LogP contribution in [0.5, 0.6) is 0 Å². The van der Waals surface area contributed by atoms with Crippen molar-refractivity contribution >= 4 is 11.6 Å². The average molecular weight is 411 g/mol. The quantitative estimate of drug-likeness (QED) is 0.390. The Bertz CT molecular complexity index is 1370. The Balaban J connectivity index is 1.56. The Morgan fingerprint density at radius 3 is 2.65 bits per heavy atom. The maximum atomic E-state index is 11.6. The van der Waals surface area contributed by atoms with E-state index in [2.05, 4.69) is 15.0 Å². The summed E-state index contributed by atoms with van der Waals surface area (Å²) >= 11 is 0. The minimum Gasteiger partial charge on any atom is -0.288 e. The summed E-state index contributed by atoms with van der Waals surface area (Å²) in [5.74, 6) is 0.159. The smallest absolute Gasteiger partial charge is 0.274 e. The van der Waals surface area contributed by atoms with E-state index in [9.17, 15) is 4.79 Å². The number of aromatic nitrogens is 5. The van der Waals surface area contributed by atoms with E-state index in [4.69, 9.17) is 15.5 Å². The number of nitrogens with one attached hydrogen (secondary N) is 1. The predicted octanol–water partition coefficient (Wildman–Crippen LogP) is 2.57. The van der Waals surface area contributed by atoms with Crippen LogP contribution in [0.15, 0.2) is 48.9 Å². The van der Waals surface area contributed by atoms with Crippen molar-refractivity contribution in [1.29, 1.82) is 5.26 Å². The maximum absolute atomic E-state index is 11.6. The van der Waals surface area contributed by atoms with Crippen molar-refractivity contribution in [3.8, 4) is 17.5 Å². The lowest BCUT2D eigenvalue weighted by Gasteiger charge is -2.15. The van der Waals surface area contributed by atoms with Gasteiger partial charge in [-0.15, -0.1) is 0 Å². The second kappa shape index (κ2) is 6.97. The molecule has 9 nitrogen and oxygen atoms in total. The van der Waals surface area contributed by atoms with Crippen LogP contribution in [0.2, 0.25) is 0 Å². The SMILES string of the molecule is Cc1nc2cc(C#N)ncn2c1-c1ccnc(C2(c3ccc(C(=O)NO)cc3)CC2)n1.